The van der Waals surface area contributed by atoms with Crippen molar-refractivity contribution in [2.24, 2.45) is 11.8 Å². The number of aromatic nitrogens is 1. The maximum atomic E-state index is 13.1. The molecular weight excluding hydrogens is 272 g/mol. The Morgan fingerprint density at radius 1 is 1.32 bits per heavy atom. The number of para-hydroxylation sites is 1. The topological polar surface area (TPSA) is 34.4 Å². The van der Waals surface area contributed by atoms with Crippen LogP contribution in [0.1, 0.15) is 23.2 Å². The maximum absolute atomic E-state index is 13.1. The molecule has 3 heteroatoms. The summed E-state index contributed by atoms with van der Waals surface area (Å²) in [4.78, 5) is 18.9. The summed E-state index contributed by atoms with van der Waals surface area (Å²) in [6.07, 6.45) is 6.08. The molecule has 0 saturated carbocycles. The number of hydrogen-bond donors (Lipinski definition) is 1. The van der Waals surface area contributed by atoms with Gasteiger partial charge in [-0.25, -0.2) is 0 Å². The van der Waals surface area contributed by atoms with Crippen LogP contribution in [-0.4, -0.2) is 29.9 Å². The minimum absolute atomic E-state index is 0.112. The van der Waals surface area contributed by atoms with E-state index >= 15 is 0 Å². The highest BCUT2D eigenvalue weighted by Gasteiger charge is 2.45. The third-order valence-electron chi connectivity index (χ3n) is 5.50. The fourth-order valence-electron chi connectivity index (χ4n) is 4.30. The molecule has 0 radical (unpaired) electrons. The van der Waals surface area contributed by atoms with Crippen molar-refractivity contribution in [3.8, 4) is 0 Å². The average molecular weight is 293 g/mol. The molecule has 1 unspecified atom stereocenters. The van der Waals surface area contributed by atoms with E-state index in [0.717, 1.165) is 36.0 Å². The van der Waals surface area contributed by atoms with Gasteiger partial charge in [0.25, 0.3) is 0 Å². The maximum Gasteiger partial charge on any atom is 0.220 e. The van der Waals surface area contributed by atoms with Crippen LogP contribution in [0.3, 0.4) is 0 Å². The van der Waals surface area contributed by atoms with Crippen LogP contribution in [0.25, 0.3) is 10.9 Å². The summed E-state index contributed by atoms with van der Waals surface area (Å²) in [6.45, 7) is 6.15. The van der Waals surface area contributed by atoms with Crippen molar-refractivity contribution in [1.29, 1.82) is 0 Å². The lowest BCUT2D eigenvalue weighted by Gasteiger charge is -2.45. The molecule has 4 atom stereocenters. The van der Waals surface area contributed by atoms with Crippen LogP contribution in [0.5, 0.6) is 0 Å². The van der Waals surface area contributed by atoms with Crippen LogP contribution in [0.2, 0.25) is 0 Å². The van der Waals surface area contributed by atoms with E-state index in [-0.39, 0.29) is 6.04 Å². The summed E-state index contributed by atoms with van der Waals surface area (Å²) < 4.78 is 0. The minimum Gasteiger partial charge on any atom is -0.325 e. The number of hydrogen-bond acceptors (Lipinski definition) is 2. The van der Waals surface area contributed by atoms with Crippen LogP contribution >= 0.6 is 0 Å². The van der Waals surface area contributed by atoms with E-state index in [0.29, 0.717) is 17.6 Å². The Hall–Kier alpha value is -2.00. The number of fused-ring (bicyclic) bond motifs is 4. The van der Waals surface area contributed by atoms with Gasteiger partial charge in [0, 0.05) is 35.9 Å². The van der Waals surface area contributed by atoms with Crippen LogP contribution < -0.4 is 4.90 Å². The first-order chi connectivity index (χ1) is 10.8. The fourth-order valence-corrected chi connectivity index (χ4v) is 4.30. The number of ketones is 1. The molecule has 0 aliphatic carbocycles. The number of piperidine rings is 3. The predicted octanol–water partition coefficient (Wildman–Crippen LogP) is 1.90. The number of rotatable bonds is 3. The van der Waals surface area contributed by atoms with Gasteiger partial charge in [-0.15, -0.1) is 6.58 Å². The highest BCUT2D eigenvalue weighted by Crippen LogP contribution is 2.29. The van der Waals surface area contributed by atoms with Gasteiger partial charge in [0.1, 0.15) is 0 Å². The van der Waals surface area contributed by atoms with Crippen molar-refractivity contribution in [3.63, 3.8) is 0 Å². The molecule has 3 saturated heterocycles. The van der Waals surface area contributed by atoms with Crippen molar-refractivity contribution in [3.05, 3.63) is 54.7 Å². The lowest BCUT2D eigenvalue weighted by atomic mass is 9.74. The zero-order valence-corrected chi connectivity index (χ0v) is 12.7. The summed E-state index contributed by atoms with van der Waals surface area (Å²) >= 11 is 0. The van der Waals surface area contributed by atoms with Gasteiger partial charge in [0.15, 0.2) is 6.04 Å². The van der Waals surface area contributed by atoms with Crippen LogP contribution in [0.4, 0.5) is 0 Å². The Kier molecular flexibility index (Phi) is 3.30. The Balaban J connectivity index is 1.69. The van der Waals surface area contributed by atoms with Crippen molar-refractivity contribution < 1.29 is 9.69 Å². The van der Waals surface area contributed by atoms with Gasteiger partial charge in [0.05, 0.1) is 18.6 Å². The lowest BCUT2D eigenvalue weighted by Crippen LogP contribution is -3.20. The van der Waals surface area contributed by atoms with Gasteiger partial charge in [-0.3, -0.25) is 9.78 Å². The van der Waals surface area contributed by atoms with Crippen LogP contribution in [0, 0.1) is 11.8 Å². The zero-order valence-electron chi connectivity index (χ0n) is 12.7. The number of pyridine rings is 1. The average Bonchev–Trinajstić information content (AvgIpc) is 2.60. The molecule has 3 aliphatic rings. The third kappa shape index (κ3) is 2.08. The monoisotopic (exact) mass is 293 g/mol. The number of carbonyl (C=O) groups is 1. The first-order valence-corrected chi connectivity index (χ1v) is 8.13. The van der Waals surface area contributed by atoms with E-state index in [2.05, 4.69) is 17.6 Å². The van der Waals surface area contributed by atoms with E-state index in [9.17, 15) is 4.79 Å². The number of carbonyl (C=O) groups excluding carboxylic acids is 1. The second kappa shape index (κ2) is 5.33. The minimum atomic E-state index is 0.112. The van der Waals surface area contributed by atoms with Crippen molar-refractivity contribution >= 4 is 16.7 Å². The summed E-state index contributed by atoms with van der Waals surface area (Å²) in [5, 5.41) is 0.984. The van der Waals surface area contributed by atoms with Gasteiger partial charge < -0.3 is 4.90 Å². The van der Waals surface area contributed by atoms with E-state index in [1.165, 1.54) is 11.3 Å². The smallest absolute Gasteiger partial charge is 0.220 e. The van der Waals surface area contributed by atoms with Crippen molar-refractivity contribution in [2.75, 3.05) is 13.1 Å². The normalized spacial score (nSPS) is 30.4. The summed E-state index contributed by atoms with van der Waals surface area (Å²) in [7, 11) is 0. The number of nitrogens with one attached hydrogen (secondary N) is 1. The third-order valence-corrected chi connectivity index (χ3v) is 5.50. The van der Waals surface area contributed by atoms with Gasteiger partial charge in [-0.1, -0.05) is 24.3 Å². The lowest BCUT2D eigenvalue weighted by molar-refractivity contribution is -0.935. The Bertz CT molecular complexity index is 734. The Morgan fingerprint density at radius 3 is 2.95 bits per heavy atom. The fraction of sp³-hybridized carbons (Fsp3) is 0.368. The zero-order chi connectivity index (χ0) is 15.1. The molecule has 5 rings (SSSR count). The van der Waals surface area contributed by atoms with E-state index in [4.69, 9.17) is 0 Å². The molecule has 4 heterocycles. The number of quaternary nitrogens is 1. The molecule has 112 valence electrons. The Labute approximate surface area is 130 Å². The largest absolute Gasteiger partial charge is 0.325 e. The molecule has 1 aromatic carbocycles. The van der Waals surface area contributed by atoms with Gasteiger partial charge in [0.2, 0.25) is 5.78 Å². The molecule has 0 amide bonds. The molecule has 0 spiro atoms. The highest BCUT2D eigenvalue weighted by molar-refractivity contribution is 6.09. The molecule has 1 aromatic heterocycles. The molecule has 3 aliphatic heterocycles. The molecule has 3 nitrogen and oxygen atoms in total. The summed E-state index contributed by atoms with van der Waals surface area (Å²) in [6, 6.07) is 9.93. The number of nitrogens with zero attached hydrogens (tertiary/aromatic N) is 1. The van der Waals surface area contributed by atoms with E-state index < -0.39 is 0 Å². The summed E-state index contributed by atoms with van der Waals surface area (Å²) in [5.74, 6) is 1.51. The molecule has 2 aromatic rings. The first kappa shape index (κ1) is 13.6. The quantitative estimate of drug-likeness (QED) is 0.693. The molecule has 1 N–H and O–H groups in total. The highest BCUT2D eigenvalue weighted by atomic mass is 16.1. The molecule has 3 fully saturated rings. The van der Waals surface area contributed by atoms with Gasteiger partial charge in [-0.05, 0) is 18.1 Å². The van der Waals surface area contributed by atoms with Crippen LogP contribution in [0.15, 0.2) is 49.2 Å². The van der Waals surface area contributed by atoms with E-state index in [1.807, 2.05) is 30.3 Å². The second-order valence-electron chi connectivity index (χ2n) is 6.59. The Morgan fingerprint density at radius 2 is 2.18 bits per heavy atom. The van der Waals surface area contributed by atoms with Gasteiger partial charge >= 0.3 is 0 Å². The predicted molar refractivity (Wildman–Crippen MR) is 87.0 cm³/mol. The van der Waals surface area contributed by atoms with Gasteiger partial charge in [-0.2, -0.15) is 0 Å². The molecular formula is C19H21N2O+. The first-order valence-electron chi connectivity index (χ1n) is 8.13. The van der Waals surface area contributed by atoms with Crippen molar-refractivity contribution in [2.45, 2.75) is 18.9 Å². The van der Waals surface area contributed by atoms with E-state index in [1.54, 1.807) is 6.20 Å². The molecule has 22 heavy (non-hydrogen) atoms. The van der Waals surface area contributed by atoms with Crippen LogP contribution in [-0.2, 0) is 0 Å². The SMILES string of the molecule is C=C[C@H]1C[NH+]2CC[C@@H]1C[C@@H]2C(=O)c1ccnc2ccccc12. The number of Topliss-reactive ketones (excluding diaryl/α,β-unsaturated/α-hetero) is 1. The summed E-state index contributed by atoms with van der Waals surface area (Å²) in [5.41, 5.74) is 1.74. The standard InChI is InChI=1S/C19H20N2O/c1-2-13-12-21-10-8-14(13)11-18(21)19(22)16-7-9-20-17-6-4-3-5-15(16)17/h2-7,9,13-14,18H,1,8,10-12H2/p+1/t13-,14+,18+/m0/s1. The number of benzene rings is 1. The molecule has 2 bridgehead atoms. The van der Waals surface area contributed by atoms with Crippen molar-refractivity contribution in [1.82, 2.24) is 4.98 Å². The second-order valence-corrected chi connectivity index (χ2v) is 6.59.